The van der Waals surface area contributed by atoms with Crippen molar-refractivity contribution < 1.29 is 4.39 Å². The molecule has 114 valence electrons. The molecule has 2 unspecified atom stereocenters. The molecule has 0 fully saturated rings. The van der Waals surface area contributed by atoms with Crippen LogP contribution in [-0.4, -0.2) is 30.5 Å². The van der Waals surface area contributed by atoms with Crippen LogP contribution in [0.3, 0.4) is 0 Å². The van der Waals surface area contributed by atoms with Crippen LogP contribution in [0.1, 0.15) is 24.2 Å². The highest BCUT2D eigenvalue weighted by Crippen LogP contribution is 2.24. The molecule has 0 aliphatic carbocycles. The van der Waals surface area contributed by atoms with Crippen LogP contribution in [0, 0.1) is 11.7 Å². The predicted molar refractivity (Wildman–Crippen MR) is 85.8 cm³/mol. The molecule has 1 heterocycles. The number of nitrogens with one attached hydrogen (secondary N) is 1. The van der Waals surface area contributed by atoms with E-state index in [2.05, 4.69) is 34.6 Å². The summed E-state index contributed by atoms with van der Waals surface area (Å²) in [7, 11) is 3.96. The molecule has 0 radical (unpaired) electrons. The molecule has 0 saturated carbocycles. The average Bonchev–Trinajstić information content (AvgIpc) is 2.94. The third-order valence-corrected chi connectivity index (χ3v) is 4.27. The van der Waals surface area contributed by atoms with Crippen molar-refractivity contribution in [2.45, 2.75) is 19.5 Å². The maximum Gasteiger partial charge on any atom is 0.127 e. The summed E-state index contributed by atoms with van der Waals surface area (Å²) in [5.41, 5.74) is 3.67. The van der Waals surface area contributed by atoms with Crippen LogP contribution in [0.25, 0.3) is 0 Å². The minimum Gasteiger partial charge on any atom is -0.313 e. The number of thiazole rings is 1. The zero-order valence-corrected chi connectivity index (χ0v) is 13.5. The van der Waals surface area contributed by atoms with Gasteiger partial charge in [-0.15, -0.1) is 11.3 Å². The Labute approximate surface area is 129 Å². The topological polar surface area (TPSA) is 28.2 Å². The van der Waals surface area contributed by atoms with Crippen molar-refractivity contribution in [3.05, 3.63) is 52.2 Å². The van der Waals surface area contributed by atoms with E-state index < -0.39 is 0 Å². The monoisotopic (exact) mass is 307 g/mol. The van der Waals surface area contributed by atoms with Crippen molar-refractivity contribution in [2.75, 3.05) is 20.6 Å². The van der Waals surface area contributed by atoms with Gasteiger partial charge < -0.3 is 10.2 Å². The van der Waals surface area contributed by atoms with E-state index in [4.69, 9.17) is 0 Å². The molecule has 0 aliphatic heterocycles. The molecule has 2 aromatic rings. The normalized spacial score (nSPS) is 14.3. The largest absolute Gasteiger partial charge is 0.313 e. The van der Waals surface area contributed by atoms with Crippen molar-refractivity contribution in [3.8, 4) is 0 Å². The minimum absolute atomic E-state index is 0.00378. The summed E-state index contributed by atoms with van der Waals surface area (Å²) in [6.45, 7) is 3.84. The van der Waals surface area contributed by atoms with Crippen molar-refractivity contribution in [2.24, 2.45) is 5.92 Å². The first-order valence-corrected chi connectivity index (χ1v) is 8.03. The molecule has 0 amide bonds. The molecular weight excluding hydrogens is 285 g/mol. The molecule has 0 aliphatic rings. The SMILES string of the molecule is CNC(c1ccccc1F)C(C)CN(C)Cc1cscn1. The van der Waals surface area contributed by atoms with E-state index >= 15 is 0 Å². The lowest BCUT2D eigenvalue weighted by Gasteiger charge is -2.28. The molecule has 3 nitrogen and oxygen atoms in total. The molecule has 0 saturated heterocycles. The Morgan fingerprint density at radius 1 is 1.38 bits per heavy atom. The van der Waals surface area contributed by atoms with Gasteiger partial charge in [0.15, 0.2) is 0 Å². The third-order valence-electron chi connectivity index (χ3n) is 3.64. The second-order valence-electron chi connectivity index (χ2n) is 5.44. The molecule has 21 heavy (non-hydrogen) atoms. The van der Waals surface area contributed by atoms with E-state index in [1.165, 1.54) is 6.07 Å². The fourth-order valence-corrected chi connectivity index (χ4v) is 3.28. The Balaban J connectivity index is 2.00. The predicted octanol–water partition coefficient (Wildman–Crippen LogP) is 3.31. The van der Waals surface area contributed by atoms with E-state index in [-0.39, 0.29) is 17.8 Å². The van der Waals surface area contributed by atoms with E-state index in [1.807, 2.05) is 24.7 Å². The van der Waals surface area contributed by atoms with Gasteiger partial charge in [-0.2, -0.15) is 0 Å². The molecule has 1 N–H and O–H groups in total. The molecule has 0 bridgehead atoms. The first-order valence-electron chi connectivity index (χ1n) is 7.09. The van der Waals surface area contributed by atoms with Crippen LogP contribution in [0.15, 0.2) is 35.2 Å². The molecule has 5 heteroatoms. The van der Waals surface area contributed by atoms with Crippen molar-refractivity contribution in [3.63, 3.8) is 0 Å². The van der Waals surface area contributed by atoms with Crippen molar-refractivity contribution >= 4 is 11.3 Å². The van der Waals surface area contributed by atoms with Gasteiger partial charge in [0.05, 0.1) is 11.2 Å². The highest BCUT2D eigenvalue weighted by molar-refractivity contribution is 7.07. The van der Waals surface area contributed by atoms with Crippen LogP contribution >= 0.6 is 11.3 Å². The summed E-state index contributed by atoms with van der Waals surface area (Å²) in [6, 6.07) is 6.99. The molecular formula is C16H22FN3S. The fourth-order valence-electron chi connectivity index (χ4n) is 2.73. The molecule has 0 spiro atoms. The Kier molecular flexibility index (Phi) is 5.85. The Bertz CT molecular complexity index is 544. The first-order chi connectivity index (χ1) is 10.1. The van der Waals surface area contributed by atoms with Crippen LogP contribution in [0.2, 0.25) is 0 Å². The molecule has 1 aromatic carbocycles. The highest BCUT2D eigenvalue weighted by Gasteiger charge is 2.21. The number of nitrogens with zero attached hydrogens (tertiary/aromatic N) is 2. The Hall–Kier alpha value is -1.30. The average molecular weight is 307 g/mol. The van der Waals surface area contributed by atoms with Crippen LogP contribution in [0.4, 0.5) is 4.39 Å². The third kappa shape index (κ3) is 4.33. The van der Waals surface area contributed by atoms with Gasteiger partial charge in [-0.25, -0.2) is 9.37 Å². The maximum absolute atomic E-state index is 14.0. The number of benzene rings is 1. The summed E-state index contributed by atoms with van der Waals surface area (Å²) in [5.74, 6) is 0.140. The Morgan fingerprint density at radius 2 is 2.14 bits per heavy atom. The fraction of sp³-hybridized carbons (Fsp3) is 0.438. The standard InChI is InChI=1S/C16H22FN3S/c1-12(8-20(3)9-13-10-21-11-19-13)16(18-2)14-6-4-5-7-15(14)17/h4-7,10-12,16,18H,8-9H2,1-3H3. The minimum atomic E-state index is -0.147. The van der Waals surface area contributed by atoms with E-state index in [0.29, 0.717) is 0 Å². The van der Waals surface area contributed by atoms with E-state index in [0.717, 1.165) is 24.3 Å². The number of hydrogen-bond donors (Lipinski definition) is 1. The van der Waals surface area contributed by atoms with E-state index in [9.17, 15) is 4.39 Å². The zero-order valence-electron chi connectivity index (χ0n) is 12.7. The zero-order chi connectivity index (χ0) is 15.2. The second-order valence-corrected chi connectivity index (χ2v) is 6.16. The maximum atomic E-state index is 14.0. The van der Waals surface area contributed by atoms with Gasteiger partial charge in [0.25, 0.3) is 0 Å². The molecule has 1 aromatic heterocycles. The lowest BCUT2D eigenvalue weighted by Crippen LogP contribution is -2.33. The summed E-state index contributed by atoms with van der Waals surface area (Å²) < 4.78 is 14.0. The van der Waals surface area contributed by atoms with Gasteiger partial charge in [0, 0.05) is 30.1 Å². The van der Waals surface area contributed by atoms with Crippen LogP contribution < -0.4 is 5.32 Å². The second kappa shape index (κ2) is 7.64. The van der Waals surface area contributed by atoms with Crippen LogP contribution in [0.5, 0.6) is 0 Å². The molecule has 2 atom stereocenters. The summed E-state index contributed by atoms with van der Waals surface area (Å²) in [5, 5.41) is 5.31. The smallest absolute Gasteiger partial charge is 0.127 e. The Morgan fingerprint density at radius 3 is 2.76 bits per heavy atom. The van der Waals surface area contributed by atoms with Gasteiger partial charge in [0.2, 0.25) is 0 Å². The summed E-state index contributed by atoms with van der Waals surface area (Å²) in [4.78, 5) is 6.53. The summed E-state index contributed by atoms with van der Waals surface area (Å²) in [6.07, 6.45) is 0. The quantitative estimate of drug-likeness (QED) is 0.850. The van der Waals surface area contributed by atoms with Crippen molar-refractivity contribution in [1.29, 1.82) is 0 Å². The molecule has 2 rings (SSSR count). The highest BCUT2D eigenvalue weighted by atomic mass is 32.1. The summed E-state index contributed by atoms with van der Waals surface area (Å²) >= 11 is 1.61. The van der Waals surface area contributed by atoms with Gasteiger partial charge in [-0.3, -0.25) is 0 Å². The number of hydrogen-bond acceptors (Lipinski definition) is 4. The lowest BCUT2D eigenvalue weighted by atomic mass is 9.93. The van der Waals surface area contributed by atoms with Gasteiger partial charge in [-0.1, -0.05) is 25.1 Å². The lowest BCUT2D eigenvalue weighted by molar-refractivity contribution is 0.241. The number of halogens is 1. The number of rotatable bonds is 7. The van der Waals surface area contributed by atoms with Crippen LogP contribution in [-0.2, 0) is 6.54 Å². The first kappa shape index (κ1) is 16.1. The van der Waals surface area contributed by atoms with Crippen molar-refractivity contribution in [1.82, 2.24) is 15.2 Å². The van der Waals surface area contributed by atoms with Gasteiger partial charge in [0.1, 0.15) is 5.82 Å². The number of aromatic nitrogens is 1. The van der Waals surface area contributed by atoms with Gasteiger partial charge >= 0.3 is 0 Å². The van der Waals surface area contributed by atoms with E-state index in [1.54, 1.807) is 17.4 Å². The van der Waals surface area contributed by atoms with Gasteiger partial charge in [-0.05, 0) is 26.1 Å².